The van der Waals surface area contributed by atoms with E-state index in [9.17, 15) is 9.59 Å². The molecule has 0 radical (unpaired) electrons. The molecule has 10 heteroatoms. The Morgan fingerprint density at radius 1 is 1.19 bits per heavy atom. The molecule has 0 aliphatic carbocycles. The van der Waals surface area contributed by atoms with E-state index in [4.69, 9.17) is 21.7 Å². The van der Waals surface area contributed by atoms with Gasteiger partial charge in [0.2, 0.25) is 0 Å². The first-order valence-electron chi connectivity index (χ1n) is 10.8. The number of nitrogens with one attached hydrogen (secondary N) is 1. The normalized spacial score (nSPS) is 24.9. The van der Waals surface area contributed by atoms with Crippen molar-refractivity contribution >= 4 is 51.7 Å². The van der Waals surface area contributed by atoms with Gasteiger partial charge in [-0.3, -0.25) is 18.9 Å². The molecule has 3 fully saturated rings. The maximum Gasteiger partial charge on any atom is 0.267 e. The summed E-state index contributed by atoms with van der Waals surface area (Å²) in [5, 5.41) is 3.28. The largest absolute Gasteiger partial charge is 0.376 e. The smallest absolute Gasteiger partial charge is 0.267 e. The second kappa shape index (κ2) is 9.30. The Hall–Kier alpha value is -2.27. The van der Waals surface area contributed by atoms with E-state index < -0.39 is 0 Å². The van der Waals surface area contributed by atoms with E-state index in [0.717, 1.165) is 32.3 Å². The Balaban J connectivity index is 1.47. The summed E-state index contributed by atoms with van der Waals surface area (Å²) in [6, 6.07) is 5.39. The molecular formula is C22H24N4O4S2. The minimum absolute atomic E-state index is 0.00782. The van der Waals surface area contributed by atoms with Crippen molar-refractivity contribution in [1.82, 2.24) is 14.3 Å². The summed E-state index contributed by atoms with van der Waals surface area (Å²) in [4.78, 5) is 33.0. The minimum atomic E-state index is -0.241. The summed E-state index contributed by atoms with van der Waals surface area (Å²) in [5.74, 6) is 0.249. The zero-order valence-corrected chi connectivity index (χ0v) is 19.1. The number of fused-ring (bicyclic) bond motifs is 1. The predicted molar refractivity (Wildman–Crippen MR) is 128 cm³/mol. The molecule has 0 spiro atoms. The molecule has 2 atom stereocenters. The van der Waals surface area contributed by atoms with Gasteiger partial charge < -0.3 is 14.8 Å². The van der Waals surface area contributed by atoms with Crippen molar-refractivity contribution in [3.8, 4) is 0 Å². The first-order chi connectivity index (χ1) is 15.6. The van der Waals surface area contributed by atoms with Crippen LogP contribution < -0.4 is 10.9 Å². The lowest BCUT2D eigenvalue weighted by Gasteiger charge is -2.18. The number of ether oxygens (including phenoxy) is 2. The van der Waals surface area contributed by atoms with Crippen LogP contribution in [0.25, 0.3) is 11.7 Å². The first kappa shape index (κ1) is 21.6. The second-order valence-corrected chi connectivity index (χ2v) is 9.73. The fraction of sp³-hybridized carbons (Fsp3) is 0.455. The van der Waals surface area contributed by atoms with Gasteiger partial charge in [0.25, 0.3) is 11.5 Å². The minimum Gasteiger partial charge on any atom is -0.376 e. The highest BCUT2D eigenvalue weighted by Gasteiger charge is 2.35. The second-order valence-electron chi connectivity index (χ2n) is 8.05. The van der Waals surface area contributed by atoms with Crippen LogP contribution >= 0.6 is 24.0 Å². The van der Waals surface area contributed by atoms with Gasteiger partial charge in [-0.2, -0.15) is 0 Å². The van der Waals surface area contributed by atoms with Gasteiger partial charge in [-0.25, -0.2) is 4.98 Å². The molecule has 3 saturated heterocycles. The molecule has 0 aromatic carbocycles. The Bertz CT molecular complexity index is 1140. The average Bonchev–Trinajstić information content (AvgIpc) is 3.55. The van der Waals surface area contributed by atoms with Gasteiger partial charge in [0, 0.05) is 26.0 Å². The van der Waals surface area contributed by atoms with Crippen LogP contribution in [0, 0.1) is 0 Å². The molecule has 1 amide bonds. The van der Waals surface area contributed by atoms with Crippen LogP contribution in [0.2, 0.25) is 0 Å². The molecule has 0 saturated carbocycles. The van der Waals surface area contributed by atoms with E-state index in [0.29, 0.717) is 46.0 Å². The standard InChI is InChI=1S/C22H24N4O4S2/c27-20-16(11-17-21(28)26(22(31)32-17)13-15-6-4-10-30-15)19(23-12-14-5-3-9-29-14)24-18-7-1-2-8-25(18)20/h1-2,7-8,11,14-15,23H,3-6,9-10,12-13H2/b17-11-/t14-,15+/m1/s1. The molecule has 168 valence electrons. The lowest BCUT2D eigenvalue weighted by atomic mass is 10.2. The van der Waals surface area contributed by atoms with Gasteiger partial charge in [0.05, 0.1) is 29.2 Å². The van der Waals surface area contributed by atoms with Gasteiger partial charge in [0.15, 0.2) is 0 Å². The number of hydrogen-bond acceptors (Lipinski definition) is 8. The van der Waals surface area contributed by atoms with Crippen LogP contribution in [0.15, 0.2) is 34.1 Å². The summed E-state index contributed by atoms with van der Waals surface area (Å²) >= 11 is 6.66. The van der Waals surface area contributed by atoms with Gasteiger partial charge in [-0.05, 0) is 43.9 Å². The van der Waals surface area contributed by atoms with Gasteiger partial charge in [-0.1, -0.05) is 30.0 Å². The highest BCUT2D eigenvalue weighted by molar-refractivity contribution is 8.26. The SMILES string of the molecule is O=C1/C(=C/c2c(NC[C@H]3CCCO3)nc3ccccn3c2=O)SC(=S)N1C[C@@H]1CCCO1. The maximum absolute atomic E-state index is 13.3. The number of thiocarbonyl (C=S) groups is 1. The Labute approximate surface area is 195 Å². The Morgan fingerprint density at radius 2 is 1.97 bits per heavy atom. The number of carbonyl (C=O) groups excluding carboxylic acids is 1. The third-order valence-electron chi connectivity index (χ3n) is 5.85. The molecule has 2 aromatic rings. The van der Waals surface area contributed by atoms with Crippen LogP contribution in [-0.4, -0.2) is 63.0 Å². The van der Waals surface area contributed by atoms with E-state index in [1.54, 1.807) is 29.3 Å². The molecule has 0 unspecified atom stereocenters. The number of aromatic nitrogens is 2. The first-order valence-corrected chi connectivity index (χ1v) is 12.1. The van der Waals surface area contributed by atoms with Crippen molar-refractivity contribution in [1.29, 1.82) is 0 Å². The molecular weight excluding hydrogens is 448 g/mol. The molecule has 1 N–H and O–H groups in total. The monoisotopic (exact) mass is 472 g/mol. The Morgan fingerprint density at radius 3 is 2.72 bits per heavy atom. The molecule has 32 heavy (non-hydrogen) atoms. The van der Waals surface area contributed by atoms with Gasteiger partial charge in [-0.15, -0.1) is 0 Å². The maximum atomic E-state index is 13.3. The number of anilines is 1. The molecule has 2 aromatic heterocycles. The van der Waals surface area contributed by atoms with Crippen LogP contribution in [0.5, 0.6) is 0 Å². The summed E-state index contributed by atoms with van der Waals surface area (Å²) < 4.78 is 13.3. The fourth-order valence-corrected chi connectivity index (χ4v) is 5.42. The number of hydrogen-bond donors (Lipinski definition) is 1. The molecule has 3 aliphatic rings. The number of pyridine rings is 1. The average molecular weight is 473 g/mol. The number of thioether (sulfide) groups is 1. The van der Waals surface area contributed by atoms with Crippen LogP contribution in [0.3, 0.4) is 0 Å². The third-order valence-corrected chi connectivity index (χ3v) is 7.23. The predicted octanol–water partition coefficient (Wildman–Crippen LogP) is 2.67. The van der Waals surface area contributed by atoms with Crippen LogP contribution in [0.1, 0.15) is 31.2 Å². The highest BCUT2D eigenvalue weighted by atomic mass is 32.2. The van der Waals surface area contributed by atoms with Crippen molar-refractivity contribution in [3.63, 3.8) is 0 Å². The summed E-state index contributed by atoms with van der Waals surface area (Å²) in [6.07, 6.45) is 7.29. The third kappa shape index (κ3) is 4.32. The van der Waals surface area contributed by atoms with Gasteiger partial charge >= 0.3 is 0 Å². The number of amides is 1. The highest BCUT2D eigenvalue weighted by Crippen LogP contribution is 2.34. The van der Waals surface area contributed by atoms with E-state index in [-0.39, 0.29) is 23.7 Å². The van der Waals surface area contributed by atoms with E-state index in [1.165, 1.54) is 16.2 Å². The molecule has 8 nitrogen and oxygen atoms in total. The van der Waals surface area contributed by atoms with E-state index >= 15 is 0 Å². The molecule has 5 heterocycles. The summed E-state index contributed by atoms with van der Waals surface area (Å²) in [7, 11) is 0. The zero-order chi connectivity index (χ0) is 22.1. The fourth-order valence-electron chi connectivity index (χ4n) is 4.16. The molecule has 3 aliphatic heterocycles. The van der Waals surface area contributed by atoms with Crippen molar-refractivity contribution in [2.45, 2.75) is 37.9 Å². The lowest BCUT2D eigenvalue weighted by Crippen LogP contribution is -2.35. The molecule has 0 bridgehead atoms. The quantitative estimate of drug-likeness (QED) is 0.507. The number of rotatable bonds is 6. The zero-order valence-electron chi connectivity index (χ0n) is 17.5. The Kier molecular flexibility index (Phi) is 6.27. The van der Waals surface area contributed by atoms with Crippen molar-refractivity contribution < 1.29 is 14.3 Å². The number of carbonyl (C=O) groups is 1. The van der Waals surface area contributed by atoms with Crippen molar-refractivity contribution in [2.24, 2.45) is 0 Å². The number of nitrogens with zero attached hydrogens (tertiary/aromatic N) is 3. The molecule has 5 rings (SSSR count). The van der Waals surface area contributed by atoms with E-state index in [2.05, 4.69) is 10.3 Å². The van der Waals surface area contributed by atoms with E-state index in [1.807, 2.05) is 6.07 Å². The lowest BCUT2D eigenvalue weighted by molar-refractivity contribution is -0.123. The summed E-state index contributed by atoms with van der Waals surface area (Å²) in [5.41, 5.74) is 0.634. The van der Waals surface area contributed by atoms with Crippen LogP contribution in [0.4, 0.5) is 5.82 Å². The van der Waals surface area contributed by atoms with Gasteiger partial charge in [0.1, 0.15) is 15.8 Å². The van der Waals surface area contributed by atoms with Crippen molar-refractivity contribution in [2.75, 3.05) is 31.6 Å². The topological polar surface area (TPSA) is 85.2 Å². The summed E-state index contributed by atoms with van der Waals surface area (Å²) in [6.45, 7) is 2.46. The van der Waals surface area contributed by atoms with Crippen LogP contribution in [-0.2, 0) is 14.3 Å². The van der Waals surface area contributed by atoms with Crippen molar-refractivity contribution in [3.05, 3.63) is 45.2 Å².